The molecule has 0 spiro atoms. The van der Waals surface area contributed by atoms with Crippen molar-refractivity contribution < 1.29 is 32.9 Å². The summed E-state index contributed by atoms with van der Waals surface area (Å²) in [6.45, 7) is 11.3. The lowest BCUT2D eigenvalue weighted by Crippen LogP contribution is -2.58. The maximum atomic E-state index is 13.1. The molecule has 5 aliphatic rings. The highest BCUT2D eigenvalue weighted by molar-refractivity contribution is 7.90. The van der Waals surface area contributed by atoms with Gasteiger partial charge in [0.25, 0.3) is 10.0 Å². The molecule has 1 aromatic carbocycles. The Bertz CT molecular complexity index is 1380. The Morgan fingerprint density at radius 2 is 1.78 bits per heavy atom. The molecule has 1 aliphatic heterocycles. The first-order chi connectivity index (χ1) is 21.2. The highest BCUT2D eigenvalue weighted by atomic mass is 32.2. The molecular formula is C36H55NO7S. The van der Waals surface area contributed by atoms with Crippen molar-refractivity contribution in [3.8, 4) is 5.75 Å². The van der Waals surface area contributed by atoms with Crippen LogP contribution in [0.1, 0.15) is 111 Å². The average Bonchev–Trinajstić information content (AvgIpc) is 3.33. The summed E-state index contributed by atoms with van der Waals surface area (Å²) in [5, 5.41) is 21.9. The number of nitrogens with one attached hydrogen (secondary N) is 1. The van der Waals surface area contributed by atoms with Crippen molar-refractivity contribution in [1.29, 1.82) is 0 Å². The van der Waals surface area contributed by atoms with Crippen LogP contribution in [0.2, 0.25) is 0 Å². The van der Waals surface area contributed by atoms with Crippen LogP contribution in [0.5, 0.6) is 5.75 Å². The molecule has 0 bridgehead atoms. The molecule has 6 rings (SSSR count). The molecule has 8 nitrogen and oxygen atoms in total. The van der Waals surface area contributed by atoms with Gasteiger partial charge < -0.3 is 19.7 Å². The SMILES string of the molecule is CCCC1(C)CCc2cc(S(=O)(=O)NC(=O)OC[C@@H](C)[C@H]3CC[C@H]4[C@@H]5[C@H](O)C[C@@H]6C[C@H](O)CC[C@]6(C)[C@H]5CC[C@]34C)ccc2O1. The minimum Gasteiger partial charge on any atom is -0.487 e. The number of amides is 1. The van der Waals surface area contributed by atoms with E-state index >= 15 is 0 Å². The van der Waals surface area contributed by atoms with E-state index in [0.717, 1.165) is 82.6 Å². The maximum Gasteiger partial charge on any atom is 0.421 e. The van der Waals surface area contributed by atoms with Gasteiger partial charge in [-0.3, -0.25) is 0 Å². The number of carbonyl (C=O) groups is 1. The smallest absolute Gasteiger partial charge is 0.421 e. The van der Waals surface area contributed by atoms with Crippen LogP contribution in [-0.4, -0.2) is 49.1 Å². The third kappa shape index (κ3) is 5.92. The Hall–Kier alpha value is -1.84. The standard InChI is InChI=1S/C36H55NO7S/c1-6-14-34(3)15-11-23-18-26(7-10-31(23)44-34)45(41,42)37-33(40)43-21-22(2)27-8-9-28-32-29(13-17-36(27,28)5)35(4)16-12-25(38)19-24(35)20-30(32)39/h7,10,18,22,24-25,27-30,32,38-39H,6,8-9,11-17,19-21H2,1-5H3,(H,37,40)/t22-,24+,25-,27-,28+,29+,30-,32+,34?,35+,36-/m1/s1. The lowest BCUT2D eigenvalue weighted by atomic mass is 9.43. The molecule has 252 valence electrons. The van der Waals surface area contributed by atoms with E-state index in [1.807, 2.05) is 0 Å². The highest BCUT2D eigenvalue weighted by Gasteiger charge is 2.63. The molecule has 45 heavy (non-hydrogen) atoms. The molecule has 4 saturated carbocycles. The van der Waals surface area contributed by atoms with Crippen molar-refractivity contribution in [2.75, 3.05) is 6.61 Å². The van der Waals surface area contributed by atoms with Crippen molar-refractivity contribution >= 4 is 16.1 Å². The Morgan fingerprint density at radius 3 is 2.53 bits per heavy atom. The van der Waals surface area contributed by atoms with Gasteiger partial charge in [-0.05, 0) is 148 Å². The first-order valence-electron chi connectivity index (χ1n) is 17.6. The predicted octanol–water partition coefficient (Wildman–Crippen LogP) is 6.61. The predicted molar refractivity (Wildman–Crippen MR) is 172 cm³/mol. The van der Waals surface area contributed by atoms with Crippen LogP contribution < -0.4 is 9.46 Å². The van der Waals surface area contributed by atoms with Crippen molar-refractivity contribution in [3.63, 3.8) is 0 Å². The minimum absolute atomic E-state index is 0.0336. The average molecular weight is 646 g/mol. The molecule has 1 unspecified atom stereocenters. The Labute approximate surface area is 270 Å². The number of sulfonamides is 1. The zero-order valence-electron chi connectivity index (χ0n) is 27.9. The summed E-state index contributed by atoms with van der Waals surface area (Å²) < 4.78 is 40.1. The number of benzene rings is 1. The van der Waals surface area contributed by atoms with Crippen LogP contribution in [0.25, 0.3) is 0 Å². The molecule has 0 saturated heterocycles. The second kappa shape index (κ2) is 12.0. The van der Waals surface area contributed by atoms with Crippen molar-refractivity contribution in [2.45, 2.75) is 134 Å². The molecule has 0 radical (unpaired) electrons. The van der Waals surface area contributed by atoms with Gasteiger partial charge in [-0.25, -0.2) is 17.9 Å². The first-order valence-corrected chi connectivity index (χ1v) is 19.0. The van der Waals surface area contributed by atoms with Gasteiger partial charge >= 0.3 is 6.09 Å². The second-order valence-corrected chi connectivity index (χ2v) is 17.9. The van der Waals surface area contributed by atoms with Crippen molar-refractivity contribution in [3.05, 3.63) is 23.8 Å². The van der Waals surface area contributed by atoms with Gasteiger partial charge in [0.15, 0.2) is 0 Å². The lowest BCUT2D eigenvalue weighted by molar-refractivity contribution is -0.174. The van der Waals surface area contributed by atoms with Crippen LogP contribution >= 0.6 is 0 Å². The third-order valence-corrected chi connectivity index (χ3v) is 14.8. The summed E-state index contributed by atoms with van der Waals surface area (Å²) in [6.07, 6.45) is 9.74. The molecule has 4 fully saturated rings. The van der Waals surface area contributed by atoms with E-state index in [4.69, 9.17) is 9.47 Å². The van der Waals surface area contributed by atoms with Crippen LogP contribution in [0.15, 0.2) is 23.1 Å². The van der Waals surface area contributed by atoms with Gasteiger partial charge in [-0.2, -0.15) is 0 Å². The maximum absolute atomic E-state index is 13.1. The number of ether oxygens (including phenoxy) is 2. The number of hydrogen-bond donors (Lipinski definition) is 3. The number of fused-ring (bicyclic) bond motifs is 6. The first kappa shape index (κ1) is 33.1. The summed E-state index contributed by atoms with van der Waals surface area (Å²) in [7, 11) is -4.09. The fourth-order valence-corrected chi connectivity index (χ4v) is 12.1. The normalized spacial score (nSPS) is 41.4. The van der Waals surface area contributed by atoms with E-state index in [2.05, 4.69) is 39.3 Å². The Balaban J connectivity index is 1.06. The summed E-state index contributed by atoms with van der Waals surface area (Å²) in [6, 6.07) is 4.78. The quantitative estimate of drug-likeness (QED) is 0.305. The van der Waals surface area contributed by atoms with Gasteiger partial charge in [0, 0.05) is 0 Å². The second-order valence-electron chi connectivity index (χ2n) is 16.2. The summed E-state index contributed by atoms with van der Waals surface area (Å²) in [5.41, 5.74) is 0.819. The number of carbonyl (C=O) groups excluding carboxylic acids is 1. The Morgan fingerprint density at radius 1 is 1.04 bits per heavy atom. The zero-order chi connectivity index (χ0) is 32.4. The van der Waals surface area contributed by atoms with E-state index in [0.29, 0.717) is 29.4 Å². The number of aryl methyl sites for hydroxylation is 1. The molecule has 4 aliphatic carbocycles. The number of rotatable bonds is 7. The fraction of sp³-hybridized carbons (Fsp3) is 0.806. The van der Waals surface area contributed by atoms with E-state index in [1.54, 1.807) is 12.1 Å². The molecule has 0 aromatic heterocycles. The number of aliphatic hydroxyl groups excluding tert-OH is 2. The molecule has 3 N–H and O–H groups in total. The zero-order valence-corrected chi connectivity index (χ0v) is 28.7. The minimum atomic E-state index is -4.09. The Kier molecular flexibility index (Phi) is 8.82. The molecule has 1 heterocycles. The van der Waals surface area contributed by atoms with Gasteiger partial charge in [0.05, 0.1) is 23.7 Å². The fourth-order valence-electron chi connectivity index (χ4n) is 11.1. The van der Waals surface area contributed by atoms with E-state index < -0.39 is 16.1 Å². The van der Waals surface area contributed by atoms with E-state index in [-0.39, 0.29) is 52.0 Å². The van der Waals surface area contributed by atoms with E-state index in [9.17, 15) is 23.4 Å². The topological polar surface area (TPSA) is 122 Å². The third-order valence-electron chi connectivity index (χ3n) is 13.5. The molecule has 11 atom stereocenters. The van der Waals surface area contributed by atoms with Crippen LogP contribution in [-0.2, 0) is 21.2 Å². The van der Waals surface area contributed by atoms with E-state index in [1.165, 1.54) is 6.07 Å². The lowest BCUT2D eigenvalue weighted by Gasteiger charge is -2.62. The van der Waals surface area contributed by atoms with Crippen LogP contribution in [0, 0.1) is 46.3 Å². The van der Waals surface area contributed by atoms with Gasteiger partial charge in [-0.15, -0.1) is 0 Å². The van der Waals surface area contributed by atoms with Crippen molar-refractivity contribution in [1.82, 2.24) is 4.72 Å². The summed E-state index contributed by atoms with van der Waals surface area (Å²) in [4.78, 5) is 12.8. The van der Waals surface area contributed by atoms with Gasteiger partial charge in [0.1, 0.15) is 11.4 Å². The van der Waals surface area contributed by atoms with Crippen molar-refractivity contribution in [2.24, 2.45) is 46.3 Å². The molecule has 9 heteroatoms. The number of aliphatic hydroxyl groups is 2. The largest absolute Gasteiger partial charge is 0.487 e. The monoisotopic (exact) mass is 645 g/mol. The van der Waals surface area contributed by atoms with Gasteiger partial charge in [-0.1, -0.05) is 34.1 Å². The molecular weight excluding hydrogens is 590 g/mol. The summed E-state index contributed by atoms with van der Waals surface area (Å²) >= 11 is 0. The van der Waals surface area contributed by atoms with Gasteiger partial charge in [0.2, 0.25) is 0 Å². The van der Waals surface area contributed by atoms with Crippen LogP contribution in [0.3, 0.4) is 0 Å². The summed E-state index contributed by atoms with van der Waals surface area (Å²) in [5.74, 6) is 2.67. The number of hydrogen-bond acceptors (Lipinski definition) is 7. The molecule has 1 aromatic rings. The van der Waals surface area contributed by atoms with Crippen LogP contribution in [0.4, 0.5) is 4.79 Å². The highest BCUT2D eigenvalue weighted by Crippen LogP contribution is 2.68. The molecule has 1 amide bonds.